The molecule has 7 nitrogen and oxygen atoms in total. The van der Waals surface area contributed by atoms with Gasteiger partial charge in [0, 0.05) is 39.6 Å². The van der Waals surface area contributed by atoms with Crippen LogP contribution in [-0.2, 0) is 0 Å². The van der Waals surface area contributed by atoms with E-state index in [0.717, 1.165) is 22.7 Å². The molecule has 0 saturated carbocycles. The van der Waals surface area contributed by atoms with E-state index in [1.807, 2.05) is 98.7 Å². The van der Waals surface area contributed by atoms with Crippen molar-refractivity contribution in [1.82, 2.24) is 4.98 Å². The maximum Gasteiger partial charge on any atom is 0.154 e. The number of aromatic amines is 1. The van der Waals surface area contributed by atoms with Crippen LogP contribution in [0.4, 0.5) is 34.4 Å². The summed E-state index contributed by atoms with van der Waals surface area (Å²) >= 11 is 0. The Morgan fingerprint density at radius 1 is 0.519 bits per heavy atom. The molecule has 1 aromatic heterocycles. The van der Waals surface area contributed by atoms with Gasteiger partial charge in [-0.05, 0) is 60.7 Å². The molecule has 0 aliphatic heterocycles. The van der Waals surface area contributed by atoms with Gasteiger partial charge in [0.15, 0.2) is 11.6 Å². The van der Waals surface area contributed by atoms with Gasteiger partial charge in [0.05, 0.1) is 11.4 Å². The van der Waals surface area contributed by atoms with E-state index in [1.54, 1.807) is 0 Å². The van der Waals surface area contributed by atoms with Gasteiger partial charge in [-0.3, -0.25) is 0 Å². The van der Waals surface area contributed by atoms with Crippen molar-refractivity contribution in [3.63, 3.8) is 0 Å². The highest BCUT2D eigenvalue weighted by atomic mass is 15.2. The first-order valence-corrected chi connectivity index (χ1v) is 8.58. The van der Waals surface area contributed by atoms with Crippen molar-refractivity contribution in [3.05, 3.63) is 60.7 Å². The summed E-state index contributed by atoms with van der Waals surface area (Å²) in [6, 6.07) is 19.4. The monoisotopic (exact) mass is 361 g/mol. The van der Waals surface area contributed by atoms with Crippen LogP contribution in [0.3, 0.4) is 0 Å². The zero-order valence-electron chi connectivity index (χ0n) is 16.0. The van der Waals surface area contributed by atoms with Crippen LogP contribution in [0.25, 0.3) is 0 Å². The summed E-state index contributed by atoms with van der Waals surface area (Å²) in [6.45, 7) is 0. The maximum atomic E-state index is 4.23. The average Bonchev–Trinajstić information content (AvgIpc) is 3.13. The van der Waals surface area contributed by atoms with Crippen molar-refractivity contribution in [3.8, 4) is 0 Å². The molecule has 0 saturated heterocycles. The Kier molecular flexibility index (Phi) is 5.61. The lowest BCUT2D eigenvalue weighted by atomic mass is 10.3. The lowest BCUT2D eigenvalue weighted by Gasteiger charge is -2.11. The Morgan fingerprint density at radius 3 is 1.22 bits per heavy atom. The van der Waals surface area contributed by atoms with Crippen LogP contribution >= 0.6 is 0 Å². The molecule has 2 aromatic carbocycles. The molecule has 0 unspecified atom stereocenters. The largest absolute Gasteiger partial charge is 0.378 e. The molecular weight excluding hydrogens is 338 g/mol. The summed E-state index contributed by atoms with van der Waals surface area (Å²) in [5.41, 5.74) is 3.82. The first-order chi connectivity index (χ1) is 13.0. The van der Waals surface area contributed by atoms with E-state index in [9.17, 15) is 0 Å². The molecule has 3 rings (SSSR count). The number of hydrogen-bond acceptors (Lipinski definition) is 6. The van der Waals surface area contributed by atoms with Crippen LogP contribution in [0.15, 0.2) is 81.1 Å². The van der Waals surface area contributed by atoms with Crippen LogP contribution in [-0.4, -0.2) is 33.2 Å². The highest BCUT2D eigenvalue weighted by molar-refractivity contribution is 5.53. The van der Waals surface area contributed by atoms with Crippen LogP contribution in [0.2, 0.25) is 0 Å². The van der Waals surface area contributed by atoms with E-state index >= 15 is 0 Å². The first kappa shape index (κ1) is 18.3. The van der Waals surface area contributed by atoms with Gasteiger partial charge in [-0.2, -0.15) is 0 Å². The molecule has 138 valence electrons. The minimum atomic E-state index is 0.628. The number of hydrogen-bond donors (Lipinski definition) is 1. The number of azo groups is 2. The third-order valence-electron chi connectivity index (χ3n) is 3.93. The van der Waals surface area contributed by atoms with E-state index in [4.69, 9.17) is 0 Å². The van der Waals surface area contributed by atoms with Gasteiger partial charge >= 0.3 is 0 Å². The minimum absolute atomic E-state index is 0.628. The second kappa shape index (κ2) is 8.27. The molecule has 0 aliphatic rings. The van der Waals surface area contributed by atoms with Gasteiger partial charge in [-0.1, -0.05) is 0 Å². The SMILES string of the molecule is CN(C)c1ccc(N=Nc2ccc(N=Nc3ccc(N(C)C)cc3)[nH]2)cc1. The van der Waals surface area contributed by atoms with Crippen molar-refractivity contribution >= 4 is 34.4 Å². The number of rotatable bonds is 6. The Morgan fingerprint density at radius 2 is 0.889 bits per heavy atom. The topological polar surface area (TPSA) is 71.7 Å². The number of anilines is 2. The van der Waals surface area contributed by atoms with Gasteiger partial charge in [0.1, 0.15) is 0 Å². The van der Waals surface area contributed by atoms with Gasteiger partial charge in [-0.25, -0.2) is 0 Å². The fraction of sp³-hybridized carbons (Fsp3) is 0.200. The van der Waals surface area contributed by atoms with E-state index in [1.165, 1.54) is 0 Å². The first-order valence-electron chi connectivity index (χ1n) is 8.58. The molecule has 0 aliphatic carbocycles. The lowest BCUT2D eigenvalue weighted by Crippen LogP contribution is -2.07. The Bertz CT molecular complexity index is 844. The molecule has 1 heterocycles. The molecule has 0 radical (unpaired) electrons. The number of nitrogens with one attached hydrogen (secondary N) is 1. The third-order valence-corrected chi connectivity index (χ3v) is 3.93. The van der Waals surface area contributed by atoms with Gasteiger partial charge in [-0.15, -0.1) is 20.5 Å². The van der Waals surface area contributed by atoms with Crippen molar-refractivity contribution in [1.29, 1.82) is 0 Å². The molecule has 0 spiro atoms. The summed E-state index contributed by atoms with van der Waals surface area (Å²) in [6.07, 6.45) is 0. The summed E-state index contributed by atoms with van der Waals surface area (Å²) in [7, 11) is 8.01. The lowest BCUT2D eigenvalue weighted by molar-refractivity contribution is 1.12. The van der Waals surface area contributed by atoms with Gasteiger partial charge in [0.25, 0.3) is 0 Å². The molecule has 3 aromatic rings. The quantitative estimate of drug-likeness (QED) is 0.549. The third kappa shape index (κ3) is 5.01. The summed E-state index contributed by atoms with van der Waals surface area (Å²) < 4.78 is 0. The molecule has 1 N–H and O–H groups in total. The van der Waals surface area contributed by atoms with Crippen LogP contribution in [0, 0.1) is 0 Å². The molecule has 0 bridgehead atoms. The zero-order chi connectivity index (χ0) is 19.2. The smallest absolute Gasteiger partial charge is 0.154 e. The second-order valence-corrected chi connectivity index (χ2v) is 6.45. The van der Waals surface area contributed by atoms with Crippen molar-refractivity contribution in [2.75, 3.05) is 38.0 Å². The Hall–Kier alpha value is -3.48. The van der Waals surface area contributed by atoms with Crippen LogP contribution in [0.5, 0.6) is 0 Å². The number of benzene rings is 2. The van der Waals surface area contributed by atoms with Crippen molar-refractivity contribution in [2.45, 2.75) is 0 Å². The van der Waals surface area contributed by atoms with Gasteiger partial charge < -0.3 is 14.8 Å². The highest BCUT2D eigenvalue weighted by Crippen LogP contribution is 2.24. The maximum absolute atomic E-state index is 4.23. The molecule has 0 atom stereocenters. The zero-order valence-corrected chi connectivity index (χ0v) is 16.0. The Balaban J connectivity index is 1.63. The number of H-pyrrole nitrogens is 1. The normalized spacial score (nSPS) is 11.4. The molecule has 27 heavy (non-hydrogen) atoms. The van der Waals surface area contributed by atoms with Crippen LogP contribution in [0.1, 0.15) is 0 Å². The fourth-order valence-corrected chi connectivity index (χ4v) is 2.35. The summed E-state index contributed by atoms with van der Waals surface area (Å²) in [4.78, 5) is 7.15. The van der Waals surface area contributed by atoms with Crippen molar-refractivity contribution in [2.24, 2.45) is 20.5 Å². The standard InChI is InChI=1S/C20H23N7/c1-26(2)17-9-5-15(6-10-17)22-24-19-13-14-20(21-19)25-23-16-7-11-18(12-8-16)27(3)4/h5-14,21H,1-4H3. The molecular formula is C20H23N7. The summed E-state index contributed by atoms with van der Waals surface area (Å²) in [5.74, 6) is 1.26. The van der Waals surface area contributed by atoms with E-state index in [0.29, 0.717) is 11.6 Å². The highest BCUT2D eigenvalue weighted by Gasteiger charge is 1.99. The minimum Gasteiger partial charge on any atom is -0.378 e. The average molecular weight is 361 g/mol. The van der Waals surface area contributed by atoms with Crippen molar-refractivity contribution < 1.29 is 0 Å². The van der Waals surface area contributed by atoms with E-state index in [-0.39, 0.29) is 0 Å². The molecule has 0 fully saturated rings. The van der Waals surface area contributed by atoms with Crippen LogP contribution < -0.4 is 9.80 Å². The molecule has 0 amide bonds. The molecule has 7 heteroatoms. The van der Waals surface area contributed by atoms with E-state index in [2.05, 4.69) is 25.4 Å². The van der Waals surface area contributed by atoms with Gasteiger partial charge in [0.2, 0.25) is 0 Å². The predicted molar refractivity (Wildman–Crippen MR) is 111 cm³/mol. The number of nitrogens with zero attached hydrogens (tertiary/aromatic N) is 6. The Labute approximate surface area is 159 Å². The second-order valence-electron chi connectivity index (χ2n) is 6.45. The fourth-order valence-electron chi connectivity index (χ4n) is 2.35. The summed E-state index contributed by atoms with van der Waals surface area (Å²) in [5, 5.41) is 16.9. The van der Waals surface area contributed by atoms with E-state index < -0.39 is 0 Å². The number of aromatic nitrogens is 1. The predicted octanol–water partition coefficient (Wildman–Crippen LogP) is 5.98.